The second-order valence-electron chi connectivity index (χ2n) is 4.78. The molecule has 0 aliphatic carbocycles. The van der Waals surface area contributed by atoms with E-state index in [9.17, 15) is 18.0 Å². The van der Waals surface area contributed by atoms with Crippen LogP contribution in [0.25, 0.3) is 0 Å². The van der Waals surface area contributed by atoms with E-state index >= 15 is 0 Å². The van der Waals surface area contributed by atoms with Crippen LogP contribution < -0.4 is 5.73 Å². The number of likely N-dealkylation sites (tertiary alicyclic amines) is 1. The van der Waals surface area contributed by atoms with Gasteiger partial charge >= 0.3 is 6.18 Å². The molecule has 0 saturated carbocycles. The summed E-state index contributed by atoms with van der Waals surface area (Å²) in [4.78, 5) is 13.1. The van der Waals surface area contributed by atoms with Crippen molar-refractivity contribution in [3.8, 4) is 0 Å². The Morgan fingerprint density at radius 3 is 2.68 bits per heavy atom. The average Bonchev–Trinajstić information content (AvgIpc) is 2.34. The van der Waals surface area contributed by atoms with Gasteiger partial charge in [-0.25, -0.2) is 0 Å². The standard InChI is InChI=1S/C13H15F3N2O/c1-18-11(19)6-5-10(17)12(18)8-3-2-4-9(7-8)13(14,15)16/h2-4,7,10,12H,5-6,17H2,1H3. The second-order valence-corrected chi connectivity index (χ2v) is 4.78. The van der Waals surface area contributed by atoms with Gasteiger partial charge in [0.15, 0.2) is 0 Å². The zero-order valence-corrected chi connectivity index (χ0v) is 10.4. The molecule has 3 nitrogen and oxygen atoms in total. The first-order valence-electron chi connectivity index (χ1n) is 5.99. The number of halogens is 3. The van der Waals surface area contributed by atoms with Crippen LogP contribution in [-0.4, -0.2) is 23.9 Å². The van der Waals surface area contributed by atoms with Gasteiger partial charge in [0.2, 0.25) is 5.91 Å². The molecule has 6 heteroatoms. The molecule has 1 heterocycles. The maximum absolute atomic E-state index is 12.7. The van der Waals surface area contributed by atoms with Crippen molar-refractivity contribution in [2.24, 2.45) is 5.73 Å². The molecular formula is C13H15F3N2O. The van der Waals surface area contributed by atoms with E-state index in [1.54, 1.807) is 13.1 Å². The predicted molar refractivity (Wildman–Crippen MR) is 64.2 cm³/mol. The summed E-state index contributed by atoms with van der Waals surface area (Å²) < 4.78 is 38.1. The van der Waals surface area contributed by atoms with E-state index in [4.69, 9.17) is 5.73 Å². The van der Waals surface area contributed by atoms with Gasteiger partial charge in [-0.1, -0.05) is 12.1 Å². The summed E-state index contributed by atoms with van der Waals surface area (Å²) in [5.41, 5.74) is 5.66. The van der Waals surface area contributed by atoms with Crippen LogP contribution in [-0.2, 0) is 11.0 Å². The summed E-state index contributed by atoms with van der Waals surface area (Å²) >= 11 is 0. The summed E-state index contributed by atoms with van der Waals surface area (Å²) in [7, 11) is 1.58. The molecule has 1 saturated heterocycles. The molecule has 104 valence electrons. The van der Waals surface area contributed by atoms with Gasteiger partial charge in [0, 0.05) is 19.5 Å². The first-order valence-corrected chi connectivity index (χ1v) is 5.99. The first kappa shape index (κ1) is 13.9. The van der Waals surface area contributed by atoms with Gasteiger partial charge in [-0.15, -0.1) is 0 Å². The Bertz CT molecular complexity index is 487. The minimum Gasteiger partial charge on any atom is -0.337 e. The van der Waals surface area contributed by atoms with Crippen LogP contribution in [0, 0.1) is 0 Å². The third-order valence-electron chi connectivity index (χ3n) is 3.46. The topological polar surface area (TPSA) is 46.3 Å². The molecule has 2 atom stereocenters. The van der Waals surface area contributed by atoms with E-state index < -0.39 is 17.8 Å². The molecule has 19 heavy (non-hydrogen) atoms. The van der Waals surface area contributed by atoms with Crippen molar-refractivity contribution >= 4 is 5.91 Å². The van der Waals surface area contributed by atoms with E-state index in [1.165, 1.54) is 11.0 Å². The largest absolute Gasteiger partial charge is 0.416 e. The van der Waals surface area contributed by atoms with Gasteiger partial charge in [0.1, 0.15) is 0 Å². The number of carbonyl (C=O) groups excluding carboxylic acids is 1. The minimum atomic E-state index is -4.39. The van der Waals surface area contributed by atoms with Crippen molar-refractivity contribution in [1.82, 2.24) is 4.90 Å². The lowest BCUT2D eigenvalue weighted by Gasteiger charge is -2.37. The number of carbonyl (C=O) groups is 1. The fourth-order valence-electron chi connectivity index (χ4n) is 2.44. The summed E-state index contributed by atoms with van der Waals surface area (Å²) in [5.74, 6) is -0.0934. The van der Waals surface area contributed by atoms with Crippen LogP contribution in [0.3, 0.4) is 0 Å². The monoisotopic (exact) mass is 272 g/mol. The number of benzene rings is 1. The number of nitrogens with zero attached hydrogens (tertiary/aromatic N) is 1. The van der Waals surface area contributed by atoms with Gasteiger partial charge in [-0.2, -0.15) is 13.2 Å². The van der Waals surface area contributed by atoms with Crippen molar-refractivity contribution in [1.29, 1.82) is 0 Å². The van der Waals surface area contributed by atoms with Gasteiger partial charge in [-0.3, -0.25) is 4.79 Å². The van der Waals surface area contributed by atoms with Crippen LogP contribution >= 0.6 is 0 Å². The molecule has 1 fully saturated rings. The predicted octanol–water partition coefficient (Wildman–Crippen LogP) is 2.33. The number of alkyl halides is 3. The van der Waals surface area contributed by atoms with E-state index in [0.717, 1.165) is 12.1 Å². The van der Waals surface area contributed by atoms with Crippen LogP contribution in [0.1, 0.15) is 30.0 Å². The molecule has 0 spiro atoms. The van der Waals surface area contributed by atoms with Crippen molar-refractivity contribution < 1.29 is 18.0 Å². The van der Waals surface area contributed by atoms with Gasteiger partial charge in [0.05, 0.1) is 11.6 Å². The van der Waals surface area contributed by atoms with Crippen LogP contribution in [0.15, 0.2) is 24.3 Å². The molecule has 0 bridgehead atoms. The number of rotatable bonds is 1. The van der Waals surface area contributed by atoms with Crippen molar-refractivity contribution in [3.05, 3.63) is 35.4 Å². The Balaban J connectivity index is 2.37. The normalized spacial score (nSPS) is 24.7. The Labute approximate surface area is 109 Å². The zero-order chi connectivity index (χ0) is 14.2. The van der Waals surface area contributed by atoms with Gasteiger partial charge < -0.3 is 10.6 Å². The van der Waals surface area contributed by atoms with E-state index in [2.05, 4.69) is 0 Å². The van der Waals surface area contributed by atoms with Gasteiger partial charge in [-0.05, 0) is 24.1 Å². The lowest BCUT2D eigenvalue weighted by Crippen LogP contribution is -2.46. The van der Waals surface area contributed by atoms with Crippen molar-refractivity contribution in [2.75, 3.05) is 7.05 Å². The molecular weight excluding hydrogens is 257 g/mol. The second kappa shape index (κ2) is 4.85. The van der Waals surface area contributed by atoms with E-state index in [0.29, 0.717) is 18.4 Å². The maximum Gasteiger partial charge on any atom is 0.416 e. The van der Waals surface area contributed by atoms with E-state index in [-0.39, 0.29) is 11.9 Å². The fraction of sp³-hybridized carbons (Fsp3) is 0.462. The number of nitrogens with two attached hydrogens (primary N) is 1. The quantitative estimate of drug-likeness (QED) is 0.852. The lowest BCUT2D eigenvalue weighted by atomic mass is 9.90. The highest BCUT2D eigenvalue weighted by atomic mass is 19.4. The number of hydrogen-bond acceptors (Lipinski definition) is 2. The van der Waals surface area contributed by atoms with Gasteiger partial charge in [0.25, 0.3) is 0 Å². The highest BCUT2D eigenvalue weighted by Gasteiger charge is 2.35. The summed E-state index contributed by atoms with van der Waals surface area (Å²) in [6.45, 7) is 0. The molecule has 1 amide bonds. The van der Waals surface area contributed by atoms with Crippen molar-refractivity contribution in [3.63, 3.8) is 0 Å². The molecule has 0 aromatic heterocycles. The third kappa shape index (κ3) is 2.73. The fourth-order valence-corrected chi connectivity index (χ4v) is 2.44. The molecule has 1 aliphatic rings. The summed E-state index contributed by atoms with van der Waals surface area (Å²) in [6.07, 6.45) is -3.56. The summed E-state index contributed by atoms with van der Waals surface area (Å²) in [6, 6.07) is 4.17. The zero-order valence-electron chi connectivity index (χ0n) is 10.4. The van der Waals surface area contributed by atoms with Crippen LogP contribution in [0.5, 0.6) is 0 Å². The Morgan fingerprint density at radius 2 is 2.05 bits per heavy atom. The lowest BCUT2D eigenvalue weighted by molar-refractivity contribution is -0.137. The number of amides is 1. The Kier molecular flexibility index (Phi) is 3.54. The molecule has 2 N–H and O–H groups in total. The first-order chi connectivity index (χ1) is 8.80. The molecule has 2 unspecified atom stereocenters. The van der Waals surface area contributed by atoms with Crippen LogP contribution in [0.4, 0.5) is 13.2 Å². The average molecular weight is 272 g/mol. The third-order valence-corrected chi connectivity index (χ3v) is 3.46. The Hall–Kier alpha value is -1.56. The number of piperidine rings is 1. The maximum atomic E-state index is 12.7. The van der Waals surface area contributed by atoms with Crippen molar-refractivity contribution in [2.45, 2.75) is 31.1 Å². The highest BCUT2D eigenvalue weighted by Crippen LogP contribution is 2.34. The number of likely N-dealkylation sites (N-methyl/N-ethyl adjacent to an activating group) is 1. The Morgan fingerprint density at radius 1 is 1.37 bits per heavy atom. The summed E-state index contributed by atoms with van der Waals surface area (Å²) in [5, 5.41) is 0. The number of hydrogen-bond donors (Lipinski definition) is 1. The van der Waals surface area contributed by atoms with Crippen LogP contribution in [0.2, 0.25) is 0 Å². The molecule has 2 rings (SSSR count). The smallest absolute Gasteiger partial charge is 0.337 e. The molecule has 1 aromatic rings. The molecule has 1 aromatic carbocycles. The minimum absolute atomic E-state index is 0.0934. The molecule has 1 aliphatic heterocycles. The highest BCUT2D eigenvalue weighted by molar-refractivity contribution is 5.77. The SMILES string of the molecule is CN1C(=O)CCC(N)C1c1cccc(C(F)(F)F)c1. The van der Waals surface area contributed by atoms with E-state index in [1.807, 2.05) is 0 Å². The molecule has 0 radical (unpaired) electrons.